The molecule has 90 valence electrons. The number of nitrogens with two attached hydrogens (primary N) is 1. The lowest BCUT2D eigenvalue weighted by Crippen LogP contribution is -2.37. The molecule has 1 aliphatic carbocycles. The van der Waals surface area contributed by atoms with E-state index in [0.29, 0.717) is 23.2 Å². The van der Waals surface area contributed by atoms with Crippen molar-refractivity contribution in [1.82, 2.24) is 19.6 Å². The lowest BCUT2D eigenvalue weighted by atomic mass is 9.97. The average Bonchev–Trinajstić information content (AvgIpc) is 2.99. The Kier molecular flexibility index (Phi) is 1.95. The first-order chi connectivity index (χ1) is 7.98. The average molecular weight is 233 g/mol. The van der Waals surface area contributed by atoms with Crippen molar-refractivity contribution in [2.24, 2.45) is 11.7 Å². The van der Waals surface area contributed by atoms with Gasteiger partial charge in [-0.15, -0.1) is 0 Å². The molecule has 0 radical (unpaired) electrons. The molecule has 3 N–H and O–H groups in total. The van der Waals surface area contributed by atoms with Crippen LogP contribution in [0.25, 0.3) is 5.78 Å². The monoisotopic (exact) mass is 233 g/mol. The summed E-state index contributed by atoms with van der Waals surface area (Å²) in [6, 6.07) is 1.47. The van der Waals surface area contributed by atoms with Crippen LogP contribution in [-0.2, 0) is 5.54 Å². The fraction of sp³-hybridized carbons (Fsp3) is 0.545. The van der Waals surface area contributed by atoms with Crippen molar-refractivity contribution >= 4 is 5.78 Å². The SMILES string of the molecule is Cc1cc(=O)n2[nH]c(C(C)(N)C3CC3)nc2n1. The lowest BCUT2D eigenvalue weighted by molar-refractivity contribution is 0.400. The minimum Gasteiger partial charge on any atom is -0.319 e. The van der Waals surface area contributed by atoms with Crippen molar-refractivity contribution in [2.45, 2.75) is 32.2 Å². The standard InChI is InChI=1S/C11H15N5O/c1-6-5-8(17)16-10(13-6)14-9(15-16)11(2,12)7-3-4-7/h5,7H,3-4,12H2,1-2H3,(H,13,14,15). The fourth-order valence-electron chi connectivity index (χ4n) is 2.11. The van der Waals surface area contributed by atoms with Crippen LogP contribution in [-0.4, -0.2) is 19.6 Å². The van der Waals surface area contributed by atoms with Crippen LogP contribution in [0.1, 0.15) is 31.3 Å². The zero-order chi connectivity index (χ0) is 12.2. The molecule has 0 aromatic carbocycles. The van der Waals surface area contributed by atoms with E-state index in [2.05, 4.69) is 15.1 Å². The summed E-state index contributed by atoms with van der Waals surface area (Å²) >= 11 is 0. The Morgan fingerprint density at radius 3 is 2.88 bits per heavy atom. The lowest BCUT2D eigenvalue weighted by Gasteiger charge is -2.20. The maximum absolute atomic E-state index is 11.7. The van der Waals surface area contributed by atoms with E-state index in [4.69, 9.17) is 5.73 Å². The zero-order valence-electron chi connectivity index (χ0n) is 9.90. The predicted molar refractivity (Wildman–Crippen MR) is 62.6 cm³/mol. The Labute approximate surface area is 97.9 Å². The van der Waals surface area contributed by atoms with Gasteiger partial charge in [0.05, 0.1) is 5.54 Å². The van der Waals surface area contributed by atoms with Crippen LogP contribution in [0.4, 0.5) is 0 Å². The van der Waals surface area contributed by atoms with E-state index in [1.54, 1.807) is 6.92 Å². The number of aryl methyl sites for hydroxylation is 1. The van der Waals surface area contributed by atoms with Crippen LogP contribution in [0.3, 0.4) is 0 Å². The molecular formula is C11H15N5O. The third kappa shape index (κ3) is 1.56. The molecule has 1 aliphatic rings. The zero-order valence-corrected chi connectivity index (χ0v) is 9.90. The summed E-state index contributed by atoms with van der Waals surface area (Å²) in [7, 11) is 0. The second kappa shape index (κ2) is 3.16. The minimum atomic E-state index is -0.506. The highest BCUT2D eigenvalue weighted by molar-refractivity contribution is 5.29. The summed E-state index contributed by atoms with van der Waals surface area (Å²) in [4.78, 5) is 20.3. The number of fused-ring (bicyclic) bond motifs is 1. The molecule has 0 amide bonds. The van der Waals surface area contributed by atoms with Gasteiger partial charge < -0.3 is 5.73 Å². The molecule has 2 aromatic rings. The normalized spacial score (nSPS) is 19.5. The molecule has 17 heavy (non-hydrogen) atoms. The van der Waals surface area contributed by atoms with E-state index in [1.165, 1.54) is 10.6 Å². The van der Waals surface area contributed by atoms with Gasteiger partial charge in [0.1, 0.15) is 5.82 Å². The van der Waals surface area contributed by atoms with Gasteiger partial charge in [-0.25, -0.2) is 4.98 Å². The number of H-pyrrole nitrogens is 1. The molecular weight excluding hydrogens is 218 g/mol. The van der Waals surface area contributed by atoms with E-state index >= 15 is 0 Å². The highest BCUT2D eigenvalue weighted by Gasteiger charge is 2.42. The van der Waals surface area contributed by atoms with Crippen molar-refractivity contribution in [3.05, 3.63) is 27.9 Å². The summed E-state index contributed by atoms with van der Waals surface area (Å²) < 4.78 is 1.34. The molecule has 0 bridgehead atoms. The van der Waals surface area contributed by atoms with Crippen molar-refractivity contribution in [3.8, 4) is 0 Å². The Bertz CT molecular complexity index is 635. The summed E-state index contributed by atoms with van der Waals surface area (Å²) in [6.07, 6.45) is 2.23. The molecule has 1 atom stereocenters. The van der Waals surface area contributed by atoms with Crippen LogP contribution in [0.5, 0.6) is 0 Å². The third-order valence-corrected chi connectivity index (χ3v) is 3.39. The minimum absolute atomic E-state index is 0.155. The number of nitrogens with zero attached hydrogens (tertiary/aromatic N) is 3. The van der Waals surface area contributed by atoms with Gasteiger partial charge in [-0.2, -0.15) is 9.50 Å². The van der Waals surface area contributed by atoms with Crippen LogP contribution in [0, 0.1) is 12.8 Å². The Hall–Kier alpha value is -1.69. The predicted octanol–water partition coefficient (Wildman–Crippen LogP) is 0.310. The van der Waals surface area contributed by atoms with Gasteiger partial charge in [0.2, 0.25) is 0 Å². The first kappa shape index (κ1) is 10.5. The van der Waals surface area contributed by atoms with Gasteiger partial charge >= 0.3 is 0 Å². The Balaban J connectivity index is 2.19. The van der Waals surface area contributed by atoms with E-state index in [-0.39, 0.29) is 5.56 Å². The van der Waals surface area contributed by atoms with Crippen LogP contribution in [0.2, 0.25) is 0 Å². The second-order valence-corrected chi connectivity index (χ2v) is 5.00. The van der Waals surface area contributed by atoms with E-state index in [9.17, 15) is 4.79 Å². The molecule has 0 aliphatic heterocycles. The Morgan fingerprint density at radius 2 is 2.24 bits per heavy atom. The molecule has 6 nitrogen and oxygen atoms in total. The van der Waals surface area contributed by atoms with Crippen molar-refractivity contribution in [2.75, 3.05) is 0 Å². The molecule has 1 saturated carbocycles. The van der Waals surface area contributed by atoms with Crippen LogP contribution >= 0.6 is 0 Å². The topological polar surface area (TPSA) is 89.1 Å². The molecule has 1 unspecified atom stereocenters. The number of hydrogen-bond donors (Lipinski definition) is 2. The molecule has 2 heterocycles. The van der Waals surface area contributed by atoms with Gasteiger partial charge in [-0.3, -0.25) is 9.89 Å². The maximum atomic E-state index is 11.7. The van der Waals surface area contributed by atoms with E-state index < -0.39 is 5.54 Å². The first-order valence-corrected chi connectivity index (χ1v) is 5.74. The van der Waals surface area contributed by atoms with Gasteiger partial charge in [-0.1, -0.05) is 0 Å². The number of hydrogen-bond acceptors (Lipinski definition) is 4. The van der Waals surface area contributed by atoms with Gasteiger partial charge in [0.15, 0.2) is 0 Å². The highest BCUT2D eigenvalue weighted by atomic mass is 16.1. The van der Waals surface area contributed by atoms with Crippen LogP contribution < -0.4 is 11.3 Å². The number of rotatable bonds is 2. The van der Waals surface area contributed by atoms with Crippen molar-refractivity contribution in [3.63, 3.8) is 0 Å². The van der Waals surface area contributed by atoms with Crippen LogP contribution in [0.15, 0.2) is 10.9 Å². The molecule has 6 heteroatoms. The van der Waals surface area contributed by atoms with Crippen molar-refractivity contribution < 1.29 is 0 Å². The number of nitrogens with one attached hydrogen (secondary N) is 1. The molecule has 3 rings (SSSR count). The molecule has 0 spiro atoms. The molecule has 0 saturated heterocycles. The number of aromatic amines is 1. The first-order valence-electron chi connectivity index (χ1n) is 5.74. The van der Waals surface area contributed by atoms with Gasteiger partial charge in [0, 0.05) is 11.8 Å². The molecule has 1 fully saturated rings. The van der Waals surface area contributed by atoms with Gasteiger partial charge in [-0.05, 0) is 32.6 Å². The fourth-order valence-corrected chi connectivity index (χ4v) is 2.11. The maximum Gasteiger partial charge on any atom is 0.274 e. The quantitative estimate of drug-likeness (QED) is 0.781. The van der Waals surface area contributed by atoms with Gasteiger partial charge in [0.25, 0.3) is 11.3 Å². The molecule has 2 aromatic heterocycles. The summed E-state index contributed by atoms with van der Waals surface area (Å²) in [5.74, 6) is 1.47. The third-order valence-electron chi connectivity index (χ3n) is 3.39. The van der Waals surface area contributed by atoms with Crippen molar-refractivity contribution in [1.29, 1.82) is 0 Å². The summed E-state index contributed by atoms with van der Waals surface area (Å²) in [6.45, 7) is 3.72. The summed E-state index contributed by atoms with van der Waals surface area (Å²) in [5, 5.41) is 2.96. The van der Waals surface area contributed by atoms with E-state index in [0.717, 1.165) is 12.8 Å². The summed E-state index contributed by atoms with van der Waals surface area (Å²) in [5.41, 5.74) is 6.26. The number of aromatic nitrogens is 4. The van der Waals surface area contributed by atoms with E-state index in [1.807, 2.05) is 6.92 Å². The highest BCUT2D eigenvalue weighted by Crippen LogP contribution is 2.42. The smallest absolute Gasteiger partial charge is 0.274 e. The largest absolute Gasteiger partial charge is 0.319 e. The Morgan fingerprint density at radius 1 is 1.53 bits per heavy atom. The second-order valence-electron chi connectivity index (χ2n) is 5.00.